The van der Waals surface area contributed by atoms with Gasteiger partial charge in [-0.15, -0.1) is 5.10 Å². The molecule has 1 aliphatic rings. The summed E-state index contributed by atoms with van der Waals surface area (Å²) in [5, 5.41) is 7.94. The molecule has 0 N–H and O–H groups in total. The van der Waals surface area contributed by atoms with Crippen LogP contribution in [0, 0.1) is 6.92 Å². The van der Waals surface area contributed by atoms with Crippen molar-refractivity contribution >= 4 is 5.91 Å². The van der Waals surface area contributed by atoms with Gasteiger partial charge >= 0.3 is 0 Å². The van der Waals surface area contributed by atoms with Crippen LogP contribution in [0.4, 0.5) is 0 Å². The van der Waals surface area contributed by atoms with Gasteiger partial charge in [0.25, 0.3) is 5.56 Å². The average molecular weight is 330 g/mol. The summed E-state index contributed by atoms with van der Waals surface area (Å²) in [6, 6.07) is 3.59. The number of hydrogen-bond acceptors (Lipinski definition) is 5. The Balaban J connectivity index is 1.75. The van der Waals surface area contributed by atoms with E-state index in [4.69, 9.17) is 0 Å². The maximum Gasteiger partial charge on any atom is 0.251 e. The zero-order chi connectivity index (χ0) is 17.3. The molecule has 2 atom stereocenters. The van der Waals surface area contributed by atoms with Gasteiger partial charge in [-0.3, -0.25) is 9.59 Å². The van der Waals surface area contributed by atoms with Gasteiger partial charge < -0.3 is 14.4 Å². The SMILES string of the molecule is Cc1ccn(CC(=O)N2C[C@@H](N(C)C)[C@@H](n3ccnn3)C2)c(=O)c1. The highest BCUT2D eigenvalue weighted by Crippen LogP contribution is 2.24. The summed E-state index contributed by atoms with van der Waals surface area (Å²) < 4.78 is 3.25. The fourth-order valence-corrected chi connectivity index (χ4v) is 3.12. The van der Waals surface area contributed by atoms with Gasteiger partial charge in [0.15, 0.2) is 0 Å². The minimum absolute atomic E-state index is 0.0567. The van der Waals surface area contributed by atoms with Crippen LogP contribution in [-0.2, 0) is 11.3 Å². The normalized spacial score (nSPS) is 20.8. The first-order chi connectivity index (χ1) is 11.5. The van der Waals surface area contributed by atoms with E-state index in [-0.39, 0.29) is 30.1 Å². The van der Waals surface area contributed by atoms with Crippen molar-refractivity contribution in [2.75, 3.05) is 27.2 Å². The molecule has 1 aliphatic heterocycles. The van der Waals surface area contributed by atoms with Crippen LogP contribution in [0.5, 0.6) is 0 Å². The number of nitrogens with zero attached hydrogens (tertiary/aromatic N) is 6. The Morgan fingerprint density at radius 1 is 1.33 bits per heavy atom. The van der Waals surface area contributed by atoms with E-state index in [2.05, 4.69) is 15.2 Å². The van der Waals surface area contributed by atoms with Gasteiger partial charge in [-0.25, -0.2) is 4.68 Å². The van der Waals surface area contributed by atoms with E-state index in [9.17, 15) is 9.59 Å². The zero-order valence-electron chi connectivity index (χ0n) is 14.2. The van der Waals surface area contributed by atoms with E-state index < -0.39 is 0 Å². The van der Waals surface area contributed by atoms with E-state index in [0.29, 0.717) is 13.1 Å². The number of likely N-dealkylation sites (tertiary alicyclic amines) is 1. The van der Waals surface area contributed by atoms with Gasteiger partial charge in [0.05, 0.1) is 18.3 Å². The van der Waals surface area contributed by atoms with Gasteiger partial charge in [-0.05, 0) is 32.6 Å². The molecule has 3 heterocycles. The number of pyridine rings is 1. The fourth-order valence-electron chi connectivity index (χ4n) is 3.12. The lowest BCUT2D eigenvalue weighted by molar-refractivity contribution is -0.131. The lowest BCUT2D eigenvalue weighted by Gasteiger charge is -2.24. The van der Waals surface area contributed by atoms with Crippen molar-refractivity contribution in [3.63, 3.8) is 0 Å². The van der Waals surface area contributed by atoms with Crippen molar-refractivity contribution < 1.29 is 4.79 Å². The molecule has 128 valence electrons. The standard InChI is InChI=1S/C16H22N6O2/c1-12-4-6-20(15(23)8-12)11-16(24)21-9-13(19(2)3)14(10-21)22-7-5-17-18-22/h4-8,13-14H,9-11H2,1-3H3/t13-,14+/m1/s1. The summed E-state index contributed by atoms with van der Waals surface area (Å²) in [5.41, 5.74) is 0.739. The van der Waals surface area contributed by atoms with E-state index in [1.165, 1.54) is 10.6 Å². The highest BCUT2D eigenvalue weighted by atomic mass is 16.2. The molecule has 0 aliphatic carbocycles. The lowest BCUT2D eigenvalue weighted by atomic mass is 10.1. The van der Waals surface area contributed by atoms with Crippen LogP contribution in [0.25, 0.3) is 0 Å². The highest BCUT2D eigenvalue weighted by molar-refractivity contribution is 5.76. The summed E-state index contributed by atoms with van der Waals surface area (Å²) in [5.74, 6) is -0.0598. The number of amides is 1. The predicted molar refractivity (Wildman–Crippen MR) is 88.6 cm³/mol. The number of carbonyl (C=O) groups excluding carboxylic acids is 1. The van der Waals surface area contributed by atoms with Crippen LogP contribution in [0.3, 0.4) is 0 Å². The second-order valence-corrected chi connectivity index (χ2v) is 6.45. The number of rotatable bonds is 4. The second-order valence-electron chi connectivity index (χ2n) is 6.45. The fraction of sp³-hybridized carbons (Fsp3) is 0.500. The lowest BCUT2D eigenvalue weighted by Crippen LogP contribution is -2.38. The molecule has 2 aromatic rings. The molecule has 1 fully saturated rings. The van der Waals surface area contributed by atoms with Crippen LogP contribution < -0.4 is 5.56 Å². The van der Waals surface area contributed by atoms with Crippen molar-refractivity contribution in [3.05, 3.63) is 46.6 Å². The van der Waals surface area contributed by atoms with Gasteiger partial charge in [0.1, 0.15) is 6.54 Å². The molecule has 8 nitrogen and oxygen atoms in total. The molecule has 0 saturated carbocycles. The Kier molecular flexibility index (Phi) is 4.48. The number of aryl methyl sites for hydroxylation is 1. The van der Waals surface area contributed by atoms with E-state index >= 15 is 0 Å². The summed E-state index contributed by atoms with van der Waals surface area (Å²) in [6.45, 7) is 3.09. The zero-order valence-corrected chi connectivity index (χ0v) is 14.2. The Morgan fingerprint density at radius 3 is 2.75 bits per heavy atom. The molecule has 3 rings (SSSR count). The first-order valence-electron chi connectivity index (χ1n) is 7.93. The van der Waals surface area contributed by atoms with Crippen molar-refractivity contribution in [2.45, 2.75) is 25.6 Å². The van der Waals surface area contributed by atoms with Crippen LogP contribution in [-0.4, -0.2) is 68.5 Å². The summed E-state index contributed by atoms with van der Waals surface area (Å²) in [6.07, 6.45) is 5.13. The van der Waals surface area contributed by atoms with Crippen LogP contribution in [0.2, 0.25) is 0 Å². The topological polar surface area (TPSA) is 76.3 Å². The largest absolute Gasteiger partial charge is 0.337 e. The van der Waals surface area contributed by atoms with E-state index in [1.807, 2.05) is 33.3 Å². The van der Waals surface area contributed by atoms with Crippen molar-refractivity contribution in [3.8, 4) is 0 Å². The first kappa shape index (κ1) is 16.4. The van der Waals surface area contributed by atoms with E-state index in [1.54, 1.807) is 22.0 Å². The van der Waals surface area contributed by atoms with Gasteiger partial charge in [0.2, 0.25) is 5.91 Å². The van der Waals surface area contributed by atoms with Gasteiger partial charge in [-0.2, -0.15) is 0 Å². The van der Waals surface area contributed by atoms with E-state index in [0.717, 1.165) is 5.56 Å². The molecular formula is C16H22N6O2. The Hall–Kier alpha value is -2.48. The molecule has 0 spiro atoms. The molecule has 2 aromatic heterocycles. The third kappa shape index (κ3) is 3.23. The highest BCUT2D eigenvalue weighted by Gasteiger charge is 2.38. The van der Waals surface area contributed by atoms with Crippen LogP contribution >= 0.6 is 0 Å². The molecule has 24 heavy (non-hydrogen) atoms. The first-order valence-corrected chi connectivity index (χ1v) is 7.93. The number of carbonyl (C=O) groups is 1. The Bertz CT molecular complexity index is 767. The second kappa shape index (κ2) is 6.56. The molecule has 0 bridgehead atoms. The van der Waals surface area contributed by atoms with Crippen LogP contribution in [0.15, 0.2) is 35.5 Å². The minimum Gasteiger partial charge on any atom is -0.337 e. The molecule has 0 aromatic carbocycles. The average Bonchev–Trinajstić information content (AvgIpc) is 3.17. The quantitative estimate of drug-likeness (QED) is 0.773. The predicted octanol–water partition coefficient (Wildman–Crippen LogP) is -0.238. The van der Waals surface area contributed by atoms with Gasteiger partial charge in [0, 0.05) is 31.5 Å². The Morgan fingerprint density at radius 2 is 2.12 bits per heavy atom. The minimum atomic E-state index is -0.153. The summed E-state index contributed by atoms with van der Waals surface area (Å²) in [4.78, 5) is 28.5. The maximum atomic E-state index is 12.6. The molecule has 8 heteroatoms. The van der Waals surface area contributed by atoms with Crippen molar-refractivity contribution in [1.29, 1.82) is 0 Å². The Labute approximate surface area is 140 Å². The van der Waals surface area contributed by atoms with Crippen molar-refractivity contribution in [1.82, 2.24) is 29.4 Å². The number of aromatic nitrogens is 4. The van der Waals surface area contributed by atoms with Gasteiger partial charge in [-0.1, -0.05) is 5.21 Å². The third-order valence-electron chi connectivity index (χ3n) is 4.51. The molecule has 0 radical (unpaired) electrons. The molecular weight excluding hydrogens is 308 g/mol. The van der Waals surface area contributed by atoms with Crippen molar-refractivity contribution in [2.24, 2.45) is 0 Å². The monoisotopic (exact) mass is 330 g/mol. The molecule has 0 unspecified atom stereocenters. The molecule has 1 amide bonds. The third-order valence-corrected chi connectivity index (χ3v) is 4.51. The summed E-state index contributed by atoms with van der Waals surface area (Å²) in [7, 11) is 3.99. The summed E-state index contributed by atoms with van der Waals surface area (Å²) >= 11 is 0. The molecule has 1 saturated heterocycles. The van der Waals surface area contributed by atoms with Crippen LogP contribution in [0.1, 0.15) is 11.6 Å². The smallest absolute Gasteiger partial charge is 0.251 e. The number of likely N-dealkylation sites (N-methyl/N-ethyl adjacent to an activating group) is 1. The maximum absolute atomic E-state index is 12.6. The number of hydrogen-bond donors (Lipinski definition) is 0.